The van der Waals surface area contributed by atoms with E-state index < -0.39 is 0 Å². The smallest absolute Gasteiger partial charge is 0.262 e. The second-order valence-electron chi connectivity index (χ2n) is 5.53. The second-order valence-corrected chi connectivity index (χ2v) is 7.56. The van der Waals surface area contributed by atoms with Crippen molar-refractivity contribution < 1.29 is 9.59 Å². The Bertz CT molecular complexity index is 872. The Kier molecular flexibility index (Phi) is 4.91. The van der Waals surface area contributed by atoms with Crippen molar-refractivity contribution in [2.45, 2.75) is 24.4 Å². The minimum atomic E-state index is -0.272. The lowest BCUT2D eigenvalue weighted by atomic mass is 10.2. The molecule has 0 fully saturated rings. The van der Waals surface area contributed by atoms with Gasteiger partial charge in [0.2, 0.25) is 11.8 Å². The SMILES string of the molecule is CNC(=O)CNC(=O)CSc1nc2sc3c(c2c(=O)n1C)CCC3. The topological polar surface area (TPSA) is 93.1 Å². The van der Waals surface area contributed by atoms with Gasteiger partial charge in [0, 0.05) is 19.0 Å². The molecular weight excluding hydrogens is 348 g/mol. The van der Waals surface area contributed by atoms with E-state index in [0.717, 1.165) is 35.0 Å². The Balaban J connectivity index is 1.76. The van der Waals surface area contributed by atoms with Crippen LogP contribution in [0.15, 0.2) is 9.95 Å². The largest absolute Gasteiger partial charge is 0.358 e. The lowest BCUT2D eigenvalue weighted by molar-refractivity contribution is -0.124. The zero-order chi connectivity index (χ0) is 17.3. The number of carbonyl (C=O) groups excluding carboxylic acids is 2. The van der Waals surface area contributed by atoms with Crippen LogP contribution in [-0.4, -0.2) is 40.7 Å². The van der Waals surface area contributed by atoms with Crippen LogP contribution in [0.2, 0.25) is 0 Å². The standard InChI is InChI=1S/C15H18N4O3S2/c1-16-10(20)6-17-11(21)7-23-15-18-13-12(14(22)19(15)2)8-4-3-5-9(8)24-13/h3-7H2,1-2H3,(H,16,20)(H,17,21). The first kappa shape index (κ1) is 17.0. The van der Waals surface area contributed by atoms with Gasteiger partial charge in [-0.1, -0.05) is 11.8 Å². The minimum absolute atomic E-state index is 0.0485. The average molecular weight is 366 g/mol. The van der Waals surface area contributed by atoms with Crippen molar-refractivity contribution >= 4 is 45.1 Å². The third kappa shape index (κ3) is 3.18. The van der Waals surface area contributed by atoms with Gasteiger partial charge in [0.1, 0.15) is 4.83 Å². The zero-order valence-corrected chi connectivity index (χ0v) is 15.1. The van der Waals surface area contributed by atoms with E-state index in [4.69, 9.17) is 0 Å². The lowest BCUT2D eigenvalue weighted by Gasteiger charge is -2.08. The summed E-state index contributed by atoms with van der Waals surface area (Å²) in [7, 11) is 3.19. The van der Waals surface area contributed by atoms with Crippen LogP contribution in [0.3, 0.4) is 0 Å². The number of carbonyl (C=O) groups is 2. The number of rotatable bonds is 5. The van der Waals surface area contributed by atoms with Crippen LogP contribution in [0.25, 0.3) is 10.2 Å². The van der Waals surface area contributed by atoms with Crippen molar-refractivity contribution in [1.29, 1.82) is 0 Å². The quantitative estimate of drug-likeness (QED) is 0.592. The molecule has 0 bridgehead atoms. The highest BCUT2D eigenvalue weighted by molar-refractivity contribution is 7.99. The van der Waals surface area contributed by atoms with E-state index in [1.54, 1.807) is 18.4 Å². The maximum Gasteiger partial charge on any atom is 0.262 e. The molecule has 0 unspecified atom stereocenters. The predicted octanol–water partition coefficient (Wildman–Crippen LogP) is 0.438. The van der Waals surface area contributed by atoms with Gasteiger partial charge in [-0.05, 0) is 24.8 Å². The van der Waals surface area contributed by atoms with E-state index in [0.29, 0.717) is 5.16 Å². The Morgan fingerprint density at radius 1 is 1.33 bits per heavy atom. The normalized spacial score (nSPS) is 13.1. The molecule has 0 atom stereocenters. The summed E-state index contributed by atoms with van der Waals surface area (Å²) in [5.74, 6) is -0.423. The maximum atomic E-state index is 12.6. The van der Waals surface area contributed by atoms with Gasteiger partial charge in [-0.15, -0.1) is 11.3 Å². The molecule has 0 saturated carbocycles. The maximum absolute atomic E-state index is 12.6. The van der Waals surface area contributed by atoms with Gasteiger partial charge >= 0.3 is 0 Å². The van der Waals surface area contributed by atoms with Crippen molar-refractivity contribution in [2.24, 2.45) is 7.05 Å². The van der Waals surface area contributed by atoms with Gasteiger partial charge in [0.25, 0.3) is 5.56 Å². The number of aryl methyl sites for hydroxylation is 2. The van der Waals surface area contributed by atoms with Crippen molar-refractivity contribution in [3.05, 3.63) is 20.8 Å². The molecule has 128 valence electrons. The first-order valence-electron chi connectivity index (χ1n) is 7.62. The molecule has 1 aliphatic rings. The molecule has 24 heavy (non-hydrogen) atoms. The van der Waals surface area contributed by atoms with Crippen molar-refractivity contribution in [2.75, 3.05) is 19.3 Å². The van der Waals surface area contributed by atoms with Crippen molar-refractivity contribution in [3.8, 4) is 0 Å². The molecule has 2 heterocycles. The molecule has 0 spiro atoms. The molecule has 0 radical (unpaired) electrons. The number of nitrogens with one attached hydrogen (secondary N) is 2. The molecule has 0 saturated heterocycles. The summed E-state index contributed by atoms with van der Waals surface area (Å²) in [5, 5.41) is 6.21. The van der Waals surface area contributed by atoms with Gasteiger partial charge < -0.3 is 10.6 Å². The fourth-order valence-electron chi connectivity index (χ4n) is 2.68. The summed E-state index contributed by atoms with van der Waals surface area (Å²) in [6, 6.07) is 0. The van der Waals surface area contributed by atoms with E-state index in [1.807, 2.05) is 0 Å². The van der Waals surface area contributed by atoms with Gasteiger partial charge in [-0.25, -0.2) is 4.98 Å². The summed E-state index contributed by atoms with van der Waals surface area (Å²) in [6.07, 6.45) is 3.06. The van der Waals surface area contributed by atoms with E-state index >= 15 is 0 Å². The average Bonchev–Trinajstić information content (AvgIpc) is 3.14. The lowest BCUT2D eigenvalue weighted by Crippen LogP contribution is -2.36. The third-order valence-electron chi connectivity index (χ3n) is 3.96. The molecule has 2 aromatic rings. The Morgan fingerprint density at radius 3 is 2.88 bits per heavy atom. The van der Waals surface area contributed by atoms with Gasteiger partial charge in [0.15, 0.2) is 5.16 Å². The summed E-state index contributed by atoms with van der Waals surface area (Å²) < 4.78 is 1.50. The molecule has 9 heteroatoms. The van der Waals surface area contributed by atoms with Crippen LogP contribution in [0.5, 0.6) is 0 Å². The monoisotopic (exact) mass is 366 g/mol. The van der Waals surface area contributed by atoms with Crippen LogP contribution < -0.4 is 16.2 Å². The van der Waals surface area contributed by atoms with E-state index in [-0.39, 0.29) is 29.7 Å². The predicted molar refractivity (Wildman–Crippen MR) is 94.7 cm³/mol. The van der Waals surface area contributed by atoms with Crippen LogP contribution in [0, 0.1) is 0 Å². The molecule has 3 rings (SSSR count). The zero-order valence-electron chi connectivity index (χ0n) is 13.5. The van der Waals surface area contributed by atoms with Crippen molar-refractivity contribution in [1.82, 2.24) is 20.2 Å². The first-order valence-corrected chi connectivity index (χ1v) is 9.42. The molecular formula is C15H18N4O3S2. The van der Waals surface area contributed by atoms with Crippen LogP contribution in [0.4, 0.5) is 0 Å². The highest BCUT2D eigenvalue weighted by Crippen LogP contribution is 2.35. The first-order chi connectivity index (χ1) is 11.5. The van der Waals surface area contributed by atoms with Gasteiger partial charge in [0.05, 0.1) is 17.7 Å². The molecule has 2 amide bonds. The van der Waals surface area contributed by atoms with Crippen LogP contribution >= 0.6 is 23.1 Å². The van der Waals surface area contributed by atoms with Crippen LogP contribution in [-0.2, 0) is 29.5 Å². The molecule has 7 nitrogen and oxygen atoms in total. The summed E-state index contributed by atoms with van der Waals surface area (Å²) in [6.45, 7) is -0.0566. The van der Waals surface area contributed by atoms with Crippen LogP contribution in [0.1, 0.15) is 16.9 Å². The van der Waals surface area contributed by atoms with Crippen molar-refractivity contribution in [3.63, 3.8) is 0 Å². The highest BCUT2D eigenvalue weighted by atomic mass is 32.2. The number of amides is 2. The van der Waals surface area contributed by atoms with E-state index in [2.05, 4.69) is 15.6 Å². The summed E-state index contributed by atoms with van der Waals surface area (Å²) >= 11 is 2.78. The number of thioether (sulfide) groups is 1. The fourth-order valence-corrected chi connectivity index (χ4v) is 4.79. The molecule has 1 aliphatic carbocycles. The summed E-state index contributed by atoms with van der Waals surface area (Å²) in [5.41, 5.74) is 1.11. The number of thiophene rings is 1. The number of nitrogens with zero attached hydrogens (tertiary/aromatic N) is 2. The van der Waals surface area contributed by atoms with Gasteiger partial charge in [-0.2, -0.15) is 0 Å². The number of fused-ring (bicyclic) bond motifs is 3. The highest BCUT2D eigenvalue weighted by Gasteiger charge is 2.22. The molecule has 2 aromatic heterocycles. The molecule has 2 N–H and O–H groups in total. The third-order valence-corrected chi connectivity index (χ3v) is 6.18. The van der Waals surface area contributed by atoms with Gasteiger partial charge in [-0.3, -0.25) is 19.0 Å². The number of hydrogen-bond acceptors (Lipinski definition) is 6. The van der Waals surface area contributed by atoms with E-state index in [9.17, 15) is 14.4 Å². The molecule has 0 aliphatic heterocycles. The Morgan fingerprint density at radius 2 is 2.12 bits per heavy atom. The number of hydrogen-bond donors (Lipinski definition) is 2. The van der Waals surface area contributed by atoms with E-state index in [1.165, 1.54) is 28.3 Å². The minimum Gasteiger partial charge on any atom is -0.358 e. The second kappa shape index (κ2) is 6.94. The Labute approximate surface area is 146 Å². The molecule has 0 aromatic carbocycles. The number of likely N-dealkylation sites (N-methyl/N-ethyl adjacent to an activating group) is 1. The fraction of sp³-hybridized carbons (Fsp3) is 0.467. The Hall–Kier alpha value is -1.87. The summed E-state index contributed by atoms with van der Waals surface area (Å²) in [4.78, 5) is 42.1. The number of aromatic nitrogens is 2.